The van der Waals surface area contributed by atoms with E-state index in [1.807, 2.05) is 0 Å². The van der Waals surface area contributed by atoms with E-state index in [9.17, 15) is 14.4 Å². The maximum absolute atomic E-state index is 12.7. The molecule has 4 aromatic rings. The Morgan fingerprint density at radius 1 is 1.08 bits per heavy atom. The van der Waals surface area contributed by atoms with Gasteiger partial charge in [-0.2, -0.15) is 0 Å². The molecule has 4 aromatic heterocycles. The maximum atomic E-state index is 12.7. The van der Waals surface area contributed by atoms with Crippen LogP contribution >= 0.6 is 0 Å². The van der Waals surface area contributed by atoms with E-state index in [0.717, 1.165) is 24.0 Å². The molecule has 0 spiro atoms. The molecule has 0 bridgehead atoms. The molecule has 5 rings (SSSR count). The molecule has 1 aliphatic heterocycles. The molecule has 1 N–H and O–H groups in total. The maximum Gasteiger partial charge on any atom is 0.332 e. The minimum atomic E-state index is -0.523. The second-order valence-electron chi connectivity index (χ2n) is 8.87. The first-order valence-corrected chi connectivity index (χ1v) is 11.7. The lowest BCUT2D eigenvalue weighted by atomic mass is 10.0. The summed E-state index contributed by atoms with van der Waals surface area (Å²) in [5.41, 5.74) is -0.00572. The summed E-state index contributed by atoms with van der Waals surface area (Å²) in [5, 5.41) is 2.72. The Hall–Kier alpha value is -4.42. The third kappa shape index (κ3) is 4.23. The molecule has 1 saturated heterocycles. The molecule has 13 nitrogen and oxygen atoms in total. The average molecular weight is 491 g/mol. The van der Waals surface area contributed by atoms with Crippen LogP contribution in [0.5, 0.6) is 0 Å². The lowest BCUT2D eigenvalue weighted by Crippen LogP contribution is -2.38. The second kappa shape index (κ2) is 9.32. The molecule has 5 heterocycles. The Morgan fingerprint density at radius 2 is 1.86 bits per heavy atom. The van der Waals surface area contributed by atoms with Gasteiger partial charge in [0.25, 0.3) is 5.56 Å². The molecule has 0 saturated carbocycles. The number of aromatic nitrogens is 8. The van der Waals surface area contributed by atoms with Crippen LogP contribution in [0.15, 0.2) is 40.6 Å². The normalized spacial score (nSPS) is 15.9. The summed E-state index contributed by atoms with van der Waals surface area (Å²) >= 11 is 0. The van der Waals surface area contributed by atoms with E-state index in [1.54, 1.807) is 18.5 Å². The van der Waals surface area contributed by atoms with E-state index >= 15 is 0 Å². The van der Waals surface area contributed by atoms with Gasteiger partial charge in [-0.3, -0.25) is 18.7 Å². The van der Waals surface area contributed by atoms with Crippen LogP contribution < -0.4 is 21.5 Å². The van der Waals surface area contributed by atoms with Gasteiger partial charge in [-0.15, -0.1) is 0 Å². The molecule has 0 aliphatic carbocycles. The topological polar surface area (TPSA) is 146 Å². The SMILES string of the molecule is C[C@H]1CCCCN1c1ncc(-c2nccc(NC(=O)Cn3cnc4c3c(=O)n(C)c(=O)n4C)n2)cn1. The molecule has 13 heteroatoms. The number of anilines is 2. The first-order chi connectivity index (χ1) is 17.3. The van der Waals surface area contributed by atoms with Gasteiger partial charge in [-0.25, -0.2) is 29.7 Å². The van der Waals surface area contributed by atoms with Crippen LogP contribution in [0.1, 0.15) is 26.2 Å². The number of carbonyl (C=O) groups excluding carboxylic acids is 1. The first kappa shape index (κ1) is 23.3. The third-order valence-electron chi connectivity index (χ3n) is 6.41. The number of hydrogen-bond acceptors (Lipinski definition) is 9. The van der Waals surface area contributed by atoms with Gasteiger partial charge in [-0.1, -0.05) is 0 Å². The van der Waals surface area contributed by atoms with E-state index in [4.69, 9.17) is 0 Å². The number of nitrogens with zero attached hydrogens (tertiary/aromatic N) is 9. The Bertz CT molecular complexity index is 1550. The summed E-state index contributed by atoms with van der Waals surface area (Å²) in [4.78, 5) is 61.5. The van der Waals surface area contributed by atoms with Crippen LogP contribution in [0, 0.1) is 0 Å². The van der Waals surface area contributed by atoms with Gasteiger partial charge < -0.3 is 14.8 Å². The van der Waals surface area contributed by atoms with Crippen molar-refractivity contribution in [1.29, 1.82) is 0 Å². The molecule has 0 radical (unpaired) electrons. The molecule has 36 heavy (non-hydrogen) atoms. The number of rotatable bonds is 5. The summed E-state index contributed by atoms with van der Waals surface area (Å²) in [6, 6.07) is 1.97. The van der Waals surface area contributed by atoms with Crippen molar-refractivity contribution >= 4 is 28.8 Å². The molecule has 186 valence electrons. The fourth-order valence-electron chi connectivity index (χ4n) is 4.40. The molecule has 0 aromatic carbocycles. The smallest absolute Gasteiger partial charge is 0.332 e. The molecule has 0 unspecified atom stereocenters. The van der Waals surface area contributed by atoms with Crippen LogP contribution in [-0.2, 0) is 25.4 Å². The Labute approximate surface area is 205 Å². The van der Waals surface area contributed by atoms with Crippen LogP contribution in [0.2, 0.25) is 0 Å². The third-order valence-corrected chi connectivity index (χ3v) is 6.41. The molecular formula is C23H26N10O3. The second-order valence-corrected chi connectivity index (χ2v) is 8.87. The highest BCUT2D eigenvalue weighted by Gasteiger charge is 2.21. The standard InChI is InChI=1S/C23H26N10O3/c1-14-6-4-5-9-33(14)22-25-10-15(11-26-22)19-24-8-7-16(29-19)28-17(34)12-32-13-27-20-18(32)21(35)31(3)23(36)30(20)2/h7-8,10-11,13-14H,4-6,9,12H2,1-3H3,(H,24,28,29,34)/t14-/m0/s1. The zero-order valence-electron chi connectivity index (χ0n) is 20.2. The Balaban J connectivity index is 1.33. The number of carbonyl (C=O) groups is 1. The van der Waals surface area contributed by atoms with Crippen molar-refractivity contribution in [3.8, 4) is 11.4 Å². The van der Waals surface area contributed by atoms with E-state index in [1.165, 1.54) is 42.2 Å². The van der Waals surface area contributed by atoms with Gasteiger partial charge >= 0.3 is 5.69 Å². The van der Waals surface area contributed by atoms with Crippen molar-refractivity contribution in [2.24, 2.45) is 14.1 Å². The van der Waals surface area contributed by atoms with Crippen LogP contribution in [-0.4, -0.2) is 57.1 Å². The summed E-state index contributed by atoms with van der Waals surface area (Å²) < 4.78 is 3.65. The summed E-state index contributed by atoms with van der Waals surface area (Å²) in [5.74, 6) is 0.943. The highest BCUT2D eigenvalue weighted by atomic mass is 16.2. The van der Waals surface area contributed by atoms with Gasteiger partial charge in [0.2, 0.25) is 11.9 Å². The summed E-state index contributed by atoms with van der Waals surface area (Å²) in [7, 11) is 2.90. The fraction of sp³-hybridized carbons (Fsp3) is 0.391. The van der Waals surface area contributed by atoms with Crippen molar-refractivity contribution in [3.05, 3.63) is 51.8 Å². The quantitative estimate of drug-likeness (QED) is 0.427. The predicted molar refractivity (Wildman–Crippen MR) is 133 cm³/mol. The number of nitrogens with one attached hydrogen (secondary N) is 1. The molecule has 1 fully saturated rings. The van der Waals surface area contributed by atoms with Gasteiger partial charge in [0.05, 0.1) is 11.9 Å². The van der Waals surface area contributed by atoms with Crippen LogP contribution in [0.4, 0.5) is 11.8 Å². The number of imidazole rings is 1. The predicted octanol–water partition coefficient (Wildman–Crippen LogP) is 0.698. The number of aryl methyl sites for hydroxylation is 1. The van der Waals surface area contributed by atoms with Gasteiger partial charge in [0.15, 0.2) is 17.0 Å². The fourth-order valence-corrected chi connectivity index (χ4v) is 4.40. The highest BCUT2D eigenvalue weighted by molar-refractivity contribution is 5.90. The van der Waals surface area contributed by atoms with E-state index in [2.05, 4.69) is 42.1 Å². The molecule has 1 amide bonds. The van der Waals surface area contributed by atoms with Crippen LogP contribution in [0.3, 0.4) is 0 Å². The van der Waals surface area contributed by atoms with Gasteiger partial charge in [0.1, 0.15) is 12.4 Å². The highest BCUT2D eigenvalue weighted by Crippen LogP contribution is 2.22. The number of fused-ring (bicyclic) bond motifs is 1. The van der Waals surface area contributed by atoms with E-state index in [-0.39, 0.29) is 17.7 Å². The van der Waals surface area contributed by atoms with E-state index < -0.39 is 17.2 Å². The number of amides is 1. The number of hydrogen-bond donors (Lipinski definition) is 1. The van der Waals surface area contributed by atoms with E-state index in [0.29, 0.717) is 29.2 Å². The molecule has 1 aliphatic rings. The summed E-state index contributed by atoms with van der Waals surface area (Å²) in [6.45, 7) is 2.93. The van der Waals surface area contributed by atoms with Gasteiger partial charge in [0, 0.05) is 45.3 Å². The largest absolute Gasteiger partial charge is 0.338 e. The number of piperidine rings is 1. The van der Waals surface area contributed by atoms with Crippen LogP contribution in [0.25, 0.3) is 22.6 Å². The Kier molecular flexibility index (Phi) is 6.04. The zero-order chi connectivity index (χ0) is 25.4. The van der Waals surface area contributed by atoms with Crippen molar-refractivity contribution in [2.45, 2.75) is 38.8 Å². The lowest BCUT2D eigenvalue weighted by molar-refractivity contribution is -0.116. The summed E-state index contributed by atoms with van der Waals surface area (Å²) in [6.07, 6.45) is 9.73. The average Bonchev–Trinajstić information content (AvgIpc) is 3.30. The lowest BCUT2D eigenvalue weighted by Gasteiger charge is -2.33. The zero-order valence-corrected chi connectivity index (χ0v) is 20.2. The Morgan fingerprint density at radius 3 is 2.61 bits per heavy atom. The minimum absolute atomic E-state index is 0.165. The molecule has 1 atom stereocenters. The minimum Gasteiger partial charge on any atom is -0.338 e. The molecular weight excluding hydrogens is 464 g/mol. The first-order valence-electron chi connectivity index (χ1n) is 11.7. The van der Waals surface area contributed by atoms with Crippen molar-refractivity contribution in [1.82, 2.24) is 38.6 Å². The monoisotopic (exact) mass is 490 g/mol. The van der Waals surface area contributed by atoms with Crippen molar-refractivity contribution in [2.75, 3.05) is 16.8 Å². The van der Waals surface area contributed by atoms with Crippen molar-refractivity contribution < 1.29 is 4.79 Å². The van der Waals surface area contributed by atoms with Gasteiger partial charge in [-0.05, 0) is 32.3 Å². The van der Waals surface area contributed by atoms with Crippen molar-refractivity contribution in [3.63, 3.8) is 0 Å².